The van der Waals surface area contributed by atoms with Gasteiger partial charge in [0.25, 0.3) is 0 Å². The summed E-state index contributed by atoms with van der Waals surface area (Å²) in [6.07, 6.45) is 3.17. The average Bonchev–Trinajstić information content (AvgIpc) is 2.54. The predicted molar refractivity (Wildman–Crippen MR) is 58.4 cm³/mol. The van der Waals surface area contributed by atoms with Gasteiger partial charge in [-0.3, -0.25) is 0 Å². The van der Waals surface area contributed by atoms with Gasteiger partial charge in [0.15, 0.2) is 0 Å². The third-order valence-corrected chi connectivity index (χ3v) is 3.30. The second kappa shape index (κ2) is 3.39. The van der Waals surface area contributed by atoms with Crippen molar-refractivity contribution >= 4 is 0 Å². The van der Waals surface area contributed by atoms with Crippen LogP contribution in [0.5, 0.6) is 0 Å². The number of aliphatic hydroxyl groups excluding tert-OH is 1. The number of aliphatic hydroxyl groups is 1. The summed E-state index contributed by atoms with van der Waals surface area (Å²) < 4.78 is 0. The number of hydrogen-bond donors (Lipinski definition) is 1. The van der Waals surface area contributed by atoms with Crippen molar-refractivity contribution in [2.24, 2.45) is 5.41 Å². The largest absolute Gasteiger partial charge is 0.396 e. The van der Waals surface area contributed by atoms with E-state index in [2.05, 4.69) is 32.0 Å². The van der Waals surface area contributed by atoms with E-state index >= 15 is 0 Å². The van der Waals surface area contributed by atoms with Crippen molar-refractivity contribution in [1.29, 1.82) is 0 Å². The first-order valence-corrected chi connectivity index (χ1v) is 5.38. The quantitative estimate of drug-likeness (QED) is 0.759. The highest BCUT2D eigenvalue weighted by Gasteiger charge is 2.31. The van der Waals surface area contributed by atoms with Gasteiger partial charge in [0, 0.05) is 6.61 Å². The lowest BCUT2D eigenvalue weighted by Crippen LogP contribution is -2.21. The van der Waals surface area contributed by atoms with Gasteiger partial charge < -0.3 is 5.11 Å². The molecular weight excluding hydrogens is 172 g/mol. The Morgan fingerprint density at radius 1 is 1.29 bits per heavy atom. The Hall–Kier alpha value is -0.820. The summed E-state index contributed by atoms with van der Waals surface area (Å²) >= 11 is 0. The van der Waals surface area contributed by atoms with Crippen LogP contribution in [0.3, 0.4) is 0 Å². The van der Waals surface area contributed by atoms with Crippen molar-refractivity contribution in [3.8, 4) is 0 Å². The number of rotatable bonds is 2. The van der Waals surface area contributed by atoms with Gasteiger partial charge in [0.1, 0.15) is 0 Å². The highest BCUT2D eigenvalue weighted by atomic mass is 16.3. The van der Waals surface area contributed by atoms with Crippen molar-refractivity contribution < 1.29 is 5.11 Å². The summed E-state index contributed by atoms with van der Waals surface area (Å²) in [4.78, 5) is 0. The zero-order valence-corrected chi connectivity index (χ0v) is 9.01. The van der Waals surface area contributed by atoms with Crippen LogP contribution in [0.1, 0.15) is 30.5 Å². The Kier molecular flexibility index (Phi) is 2.36. The topological polar surface area (TPSA) is 20.2 Å². The van der Waals surface area contributed by atoms with Gasteiger partial charge >= 0.3 is 0 Å². The minimum absolute atomic E-state index is 0.0920. The zero-order chi connectivity index (χ0) is 10.2. The molecule has 0 unspecified atom stereocenters. The molecule has 0 amide bonds. The number of hydrogen-bond acceptors (Lipinski definition) is 1. The molecule has 1 nitrogen and oxygen atoms in total. The number of fused-ring (bicyclic) bond motifs is 1. The molecule has 0 aliphatic heterocycles. The Morgan fingerprint density at radius 2 is 2.00 bits per heavy atom. The van der Waals surface area contributed by atoms with E-state index in [9.17, 15) is 5.11 Å². The third-order valence-electron chi connectivity index (χ3n) is 3.30. The van der Waals surface area contributed by atoms with E-state index in [4.69, 9.17) is 0 Å². The van der Waals surface area contributed by atoms with Gasteiger partial charge in [-0.1, -0.05) is 32.0 Å². The maximum atomic E-state index is 9.32. The summed E-state index contributed by atoms with van der Waals surface area (Å²) in [7, 11) is 0. The van der Waals surface area contributed by atoms with Gasteiger partial charge in [-0.15, -0.1) is 0 Å². The van der Waals surface area contributed by atoms with Gasteiger partial charge in [0.2, 0.25) is 0 Å². The van der Waals surface area contributed by atoms with E-state index in [0.717, 1.165) is 19.3 Å². The fourth-order valence-electron chi connectivity index (χ4n) is 2.33. The van der Waals surface area contributed by atoms with Crippen molar-refractivity contribution in [2.45, 2.75) is 33.1 Å². The maximum absolute atomic E-state index is 9.32. The normalized spacial score (nSPS) is 25.1. The number of benzene rings is 1. The van der Waals surface area contributed by atoms with Crippen LogP contribution >= 0.6 is 0 Å². The highest BCUT2D eigenvalue weighted by Crippen LogP contribution is 2.36. The third kappa shape index (κ3) is 1.57. The van der Waals surface area contributed by atoms with Crippen LogP contribution in [0, 0.1) is 5.41 Å². The summed E-state index contributed by atoms with van der Waals surface area (Å²) in [5, 5.41) is 9.32. The van der Waals surface area contributed by atoms with Gasteiger partial charge in [0.05, 0.1) is 0 Å². The molecule has 0 spiro atoms. The van der Waals surface area contributed by atoms with Crippen LogP contribution in [0.15, 0.2) is 18.2 Å². The number of aryl methyl sites for hydroxylation is 1. The van der Waals surface area contributed by atoms with Crippen molar-refractivity contribution in [3.05, 3.63) is 34.9 Å². The molecule has 1 aliphatic rings. The van der Waals surface area contributed by atoms with Crippen molar-refractivity contribution in [1.82, 2.24) is 0 Å². The molecule has 0 saturated carbocycles. The van der Waals surface area contributed by atoms with E-state index in [0.29, 0.717) is 6.61 Å². The standard InChI is InChI=1S/C13H18O/c1-3-10-4-5-11-7-13(2,9-14)8-12(11)6-10/h4-6,14H,3,7-9H2,1-2H3/t13-/m0/s1. The molecule has 0 bridgehead atoms. The molecule has 1 atom stereocenters. The monoisotopic (exact) mass is 190 g/mol. The molecular formula is C13H18O. The van der Waals surface area contributed by atoms with E-state index < -0.39 is 0 Å². The van der Waals surface area contributed by atoms with Crippen LogP contribution in [0.4, 0.5) is 0 Å². The summed E-state index contributed by atoms with van der Waals surface area (Å²) in [6, 6.07) is 6.74. The fourth-order valence-corrected chi connectivity index (χ4v) is 2.33. The molecule has 0 saturated heterocycles. The predicted octanol–water partition coefficient (Wildman–Crippen LogP) is 2.35. The Labute approximate surface area is 85.8 Å². The lowest BCUT2D eigenvalue weighted by atomic mass is 9.88. The molecule has 1 heteroatoms. The first-order valence-electron chi connectivity index (χ1n) is 5.38. The van der Waals surface area contributed by atoms with E-state index in [-0.39, 0.29) is 5.41 Å². The first kappa shape index (κ1) is 9.72. The molecule has 0 heterocycles. The Balaban J connectivity index is 2.31. The van der Waals surface area contributed by atoms with Crippen molar-refractivity contribution in [2.75, 3.05) is 6.61 Å². The summed E-state index contributed by atoms with van der Waals surface area (Å²) in [5.41, 5.74) is 4.37. The van der Waals surface area contributed by atoms with E-state index in [1.165, 1.54) is 16.7 Å². The van der Waals surface area contributed by atoms with Crippen molar-refractivity contribution in [3.63, 3.8) is 0 Å². The second-order valence-corrected chi connectivity index (χ2v) is 4.78. The molecule has 0 aromatic heterocycles. The summed E-state index contributed by atoms with van der Waals surface area (Å²) in [6.45, 7) is 4.64. The lowest BCUT2D eigenvalue weighted by Gasteiger charge is -2.19. The SMILES string of the molecule is CCc1ccc2c(c1)C[C@@](C)(CO)C2. The fraction of sp³-hybridized carbons (Fsp3) is 0.538. The smallest absolute Gasteiger partial charge is 0.0491 e. The minimum Gasteiger partial charge on any atom is -0.396 e. The minimum atomic E-state index is 0.0920. The Morgan fingerprint density at radius 3 is 2.64 bits per heavy atom. The molecule has 1 aliphatic carbocycles. The van der Waals surface area contributed by atoms with Crippen LogP contribution < -0.4 is 0 Å². The van der Waals surface area contributed by atoms with Gasteiger partial charge in [-0.05, 0) is 41.4 Å². The average molecular weight is 190 g/mol. The molecule has 1 aromatic rings. The van der Waals surface area contributed by atoms with Gasteiger partial charge in [-0.2, -0.15) is 0 Å². The highest BCUT2D eigenvalue weighted by molar-refractivity contribution is 5.37. The van der Waals surface area contributed by atoms with Gasteiger partial charge in [-0.25, -0.2) is 0 Å². The van der Waals surface area contributed by atoms with Crippen LogP contribution in [-0.4, -0.2) is 11.7 Å². The summed E-state index contributed by atoms with van der Waals surface area (Å²) in [5.74, 6) is 0. The first-order chi connectivity index (χ1) is 6.67. The molecule has 0 fully saturated rings. The second-order valence-electron chi connectivity index (χ2n) is 4.78. The molecule has 1 N–H and O–H groups in total. The zero-order valence-electron chi connectivity index (χ0n) is 9.01. The molecule has 14 heavy (non-hydrogen) atoms. The molecule has 1 aromatic carbocycles. The van der Waals surface area contributed by atoms with E-state index in [1.54, 1.807) is 0 Å². The molecule has 0 radical (unpaired) electrons. The molecule has 2 rings (SSSR count). The lowest BCUT2D eigenvalue weighted by molar-refractivity contribution is 0.152. The van der Waals surface area contributed by atoms with Crippen LogP contribution in [0.25, 0.3) is 0 Å². The molecule has 76 valence electrons. The van der Waals surface area contributed by atoms with E-state index in [1.807, 2.05) is 0 Å². The maximum Gasteiger partial charge on any atom is 0.0491 e. The van der Waals surface area contributed by atoms with Crippen LogP contribution in [0.2, 0.25) is 0 Å². The Bertz CT molecular complexity index is 343. The van der Waals surface area contributed by atoms with Crippen LogP contribution in [-0.2, 0) is 19.3 Å².